The van der Waals surface area contributed by atoms with Gasteiger partial charge in [0.25, 0.3) is 0 Å². The number of hydrogen-bond donors (Lipinski definition) is 2. The van der Waals surface area contributed by atoms with Crippen molar-refractivity contribution in [3.05, 3.63) is 47.3 Å². The first-order valence-electron chi connectivity index (χ1n) is 8.23. The molecule has 1 atom stereocenters. The Morgan fingerprint density at radius 3 is 2.79 bits per heavy atom. The average Bonchev–Trinajstić information content (AvgIpc) is 3.05. The van der Waals surface area contributed by atoms with Crippen LogP contribution in [0.2, 0.25) is 0 Å². The van der Waals surface area contributed by atoms with Crippen molar-refractivity contribution in [2.24, 2.45) is 4.99 Å². The van der Waals surface area contributed by atoms with Gasteiger partial charge in [0.15, 0.2) is 11.7 Å². The number of ether oxygens (including phenoxy) is 1. The number of hydrogen-bond acceptors (Lipinski definition) is 4. The van der Waals surface area contributed by atoms with Gasteiger partial charge in [-0.2, -0.15) is 0 Å². The largest absolute Gasteiger partial charge is 0.489 e. The minimum Gasteiger partial charge on any atom is -0.489 e. The molecule has 130 valence electrons. The Bertz CT molecular complexity index is 667. The Morgan fingerprint density at radius 1 is 1.33 bits per heavy atom. The van der Waals surface area contributed by atoms with Gasteiger partial charge in [0, 0.05) is 13.1 Å². The SMILES string of the molecule is CCc1cc(CNC(=NC)NCC(C)Oc2ccccc2C)on1. The van der Waals surface area contributed by atoms with Gasteiger partial charge >= 0.3 is 0 Å². The number of nitrogens with one attached hydrogen (secondary N) is 2. The van der Waals surface area contributed by atoms with E-state index in [1.54, 1.807) is 7.05 Å². The van der Waals surface area contributed by atoms with Crippen LogP contribution in [-0.4, -0.2) is 30.8 Å². The number of benzene rings is 1. The number of para-hydroxylation sites is 1. The Morgan fingerprint density at radius 2 is 2.12 bits per heavy atom. The van der Waals surface area contributed by atoms with Crippen LogP contribution in [0.1, 0.15) is 30.9 Å². The first-order valence-corrected chi connectivity index (χ1v) is 8.23. The van der Waals surface area contributed by atoms with E-state index in [0.717, 1.165) is 29.2 Å². The highest BCUT2D eigenvalue weighted by molar-refractivity contribution is 5.79. The van der Waals surface area contributed by atoms with Crippen molar-refractivity contribution in [3.8, 4) is 5.75 Å². The van der Waals surface area contributed by atoms with Crippen molar-refractivity contribution >= 4 is 5.96 Å². The van der Waals surface area contributed by atoms with E-state index in [0.29, 0.717) is 19.0 Å². The summed E-state index contributed by atoms with van der Waals surface area (Å²) in [5.41, 5.74) is 2.08. The second-order valence-corrected chi connectivity index (χ2v) is 5.64. The van der Waals surface area contributed by atoms with Crippen LogP contribution in [0, 0.1) is 6.92 Å². The second-order valence-electron chi connectivity index (χ2n) is 5.64. The standard InChI is InChI=1S/C18H26N4O2/c1-5-15-10-16(24-22-15)12-21-18(19-4)20-11-14(3)23-17-9-7-6-8-13(17)2/h6-10,14H,5,11-12H2,1-4H3,(H2,19,20,21). The Kier molecular flexibility index (Phi) is 6.66. The van der Waals surface area contributed by atoms with Gasteiger partial charge in [-0.25, -0.2) is 0 Å². The molecular weight excluding hydrogens is 304 g/mol. The number of guanidine groups is 1. The van der Waals surface area contributed by atoms with Crippen LogP contribution in [0.5, 0.6) is 5.75 Å². The summed E-state index contributed by atoms with van der Waals surface area (Å²) in [5.74, 6) is 2.40. The van der Waals surface area contributed by atoms with Gasteiger partial charge < -0.3 is 19.9 Å². The van der Waals surface area contributed by atoms with E-state index in [4.69, 9.17) is 9.26 Å². The highest BCUT2D eigenvalue weighted by atomic mass is 16.5. The molecule has 0 aliphatic rings. The van der Waals surface area contributed by atoms with Crippen molar-refractivity contribution in [2.75, 3.05) is 13.6 Å². The summed E-state index contributed by atoms with van der Waals surface area (Å²) < 4.78 is 11.2. The molecule has 0 radical (unpaired) electrons. The average molecular weight is 330 g/mol. The number of aryl methyl sites for hydroxylation is 2. The topological polar surface area (TPSA) is 71.7 Å². The molecule has 24 heavy (non-hydrogen) atoms. The van der Waals surface area contributed by atoms with Crippen LogP contribution in [0.25, 0.3) is 0 Å². The number of rotatable bonds is 7. The fourth-order valence-corrected chi connectivity index (χ4v) is 2.18. The van der Waals surface area contributed by atoms with E-state index in [1.165, 1.54) is 0 Å². The lowest BCUT2D eigenvalue weighted by Crippen LogP contribution is -2.41. The molecule has 0 spiro atoms. The van der Waals surface area contributed by atoms with Crippen LogP contribution in [0.4, 0.5) is 0 Å². The molecule has 1 aromatic heterocycles. The van der Waals surface area contributed by atoms with Crippen molar-refractivity contribution < 1.29 is 9.26 Å². The van der Waals surface area contributed by atoms with Gasteiger partial charge in [-0.15, -0.1) is 0 Å². The van der Waals surface area contributed by atoms with E-state index < -0.39 is 0 Å². The summed E-state index contributed by atoms with van der Waals surface area (Å²) >= 11 is 0. The number of aromatic nitrogens is 1. The molecule has 6 nitrogen and oxygen atoms in total. The van der Waals surface area contributed by atoms with Crippen molar-refractivity contribution in [1.82, 2.24) is 15.8 Å². The van der Waals surface area contributed by atoms with Gasteiger partial charge in [-0.3, -0.25) is 4.99 Å². The van der Waals surface area contributed by atoms with Crippen LogP contribution in [0.15, 0.2) is 39.8 Å². The van der Waals surface area contributed by atoms with Crippen LogP contribution < -0.4 is 15.4 Å². The Labute approximate surface area is 143 Å². The fourth-order valence-electron chi connectivity index (χ4n) is 2.18. The van der Waals surface area contributed by atoms with E-state index in [2.05, 4.69) is 20.8 Å². The lowest BCUT2D eigenvalue weighted by molar-refractivity contribution is 0.222. The molecule has 1 aromatic carbocycles. The molecule has 0 amide bonds. The molecule has 0 aliphatic heterocycles. The van der Waals surface area contributed by atoms with Gasteiger partial charge in [0.2, 0.25) is 0 Å². The van der Waals surface area contributed by atoms with Crippen LogP contribution in [0.3, 0.4) is 0 Å². The number of aliphatic imine (C=N–C) groups is 1. The predicted octanol–water partition coefficient (Wildman–Crippen LogP) is 2.68. The minimum atomic E-state index is 0.0154. The third-order valence-electron chi connectivity index (χ3n) is 3.60. The summed E-state index contributed by atoms with van der Waals surface area (Å²) in [6.07, 6.45) is 0.881. The summed E-state index contributed by atoms with van der Waals surface area (Å²) in [7, 11) is 1.74. The van der Waals surface area contributed by atoms with Gasteiger partial charge in [0.05, 0.1) is 18.8 Å². The molecule has 0 fully saturated rings. The summed E-state index contributed by atoms with van der Waals surface area (Å²) in [5, 5.41) is 10.4. The summed E-state index contributed by atoms with van der Waals surface area (Å²) in [6.45, 7) is 7.30. The Hall–Kier alpha value is -2.50. The monoisotopic (exact) mass is 330 g/mol. The highest BCUT2D eigenvalue weighted by Crippen LogP contribution is 2.17. The first-order chi connectivity index (χ1) is 11.6. The van der Waals surface area contributed by atoms with E-state index in [-0.39, 0.29) is 6.10 Å². The smallest absolute Gasteiger partial charge is 0.191 e. The zero-order chi connectivity index (χ0) is 17.4. The molecule has 2 rings (SSSR count). The fraction of sp³-hybridized carbons (Fsp3) is 0.444. The molecule has 2 N–H and O–H groups in total. The van der Waals surface area contributed by atoms with Crippen LogP contribution in [-0.2, 0) is 13.0 Å². The van der Waals surface area contributed by atoms with Crippen molar-refractivity contribution in [3.63, 3.8) is 0 Å². The normalized spacial score (nSPS) is 12.8. The van der Waals surface area contributed by atoms with E-state index >= 15 is 0 Å². The predicted molar refractivity (Wildman–Crippen MR) is 95.4 cm³/mol. The zero-order valence-electron chi connectivity index (χ0n) is 14.8. The second kappa shape index (κ2) is 8.96. The molecule has 2 aromatic rings. The highest BCUT2D eigenvalue weighted by Gasteiger charge is 2.08. The maximum Gasteiger partial charge on any atom is 0.191 e. The lowest BCUT2D eigenvalue weighted by atomic mass is 10.2. The summed E-state index contributed by atoms with van der Waals surface area (Å²) in [4.78, 5) is 4.20. The van der Waals surface area contributed by atoms with E-state index in [1.807, 2.05) is 51.1 Å². The molecule has 0 saturated carbocycles. The molecule has 0 bridgehead atoms. The molecule has 6 heteroatoms. The van der Waals surface area contributed by atoms with Gasteiger partial charge in [-0.05, 0) is 31.9 Å². The maximum atomic E-state index is 5.95. The maximum absolute atomic E-state index is 5.95. The zero-order valence-corrected chi connectivity index (χ0v) is 14.8. The van der Waals surface area contributed by atoms with Gasteiger partial charge in [-0.1, -0.05) is 30.3 Å². The molecule has 0 saturated heterocycles. The number of nitrogens with zero attached hydrogens (tertiary/aromatic N) is 2. The first kappa shape index (κ1) is 17.8. The van der Waals surface area contributed by atoms with E-state index in [9.17, 15) is 0 Å². The van der Waals surface area contributed by atoms with Crippen LogP contribution >= 0.6 is 0 Å². The molecule has 1 heterocycles. The van der Waals surface area contributed by atoms with Crippen molar-refractivity contribution in [1.29, 1.82) is 0 Å². The quantitative estimate of drug-likeness (QED) is 0.603. The third kappa shape index (κ3) is 5.30. The Balaban J connectivity index is 1.77. The molecule has 0 aliphatic carbocycles. The van der Waals surface area contributed by atoms with Crippen molar-refractivity contribution in [2.45, 2.75) is 39.8 Å². The lowest BCUT2D eigenvalue weighted by Gasteiger charge is -2.18. The third-order valence-corrected chi connectivity index (χ3v) is 3.60. The molecule has 1 unspecified atom stereocenters. The summed E-state index contributed by atoms with van der Waals surface area (Å²) in [6, 6.07) is 9.95. The van der Waals surface area contributed by atoms with Gasteiger partial charge in [0.1, 0.15) is 11.9 Å². The molecular formula is C18H26N4O2. The minimum absolute atomic E-state index is 0.0154.